The lowest BCUT2D eigenvalue weighted by atomic mass is 10.1. The van der Waals surface area contributed by atoms with Crippen molar-refractivity contribution in [1.82, 2.24) is 0 Å². The molecule has 2 rings (SSSR count). The van der Waals surface area contributed by atoms with Crippen LogP contribution in [-0.4, -0.2) is 47.2 Å². The van der Waals surface area contributed by atoms with E-state index >= 15 is 0 Å². The first kappa shape index (κ1) is 9.36. The number of aliphatic hydroxyl groups is 2. The number of fused-ring (bicyclic) bond motifs is 1. The van der Waals surface area contributed by atoms with Gasteiger partial charge in [-0.3, -0.25) is 0 Å². The topological polar surface area (TPSA) is 68.2 Å². The molecule has 0 aliphatic carbocycles. The van der Waals surface area contributed by atoms with Crippen LogP contribution in [0, 0.1) is 0 Å². The standard InChI is InChI=1S/C8H14O5/c1-8(2)12-4-3-11-7(10)5(9)6(4)13-8/h4-7,9-10H,3H2,1-2H3/t4-,5-,6-,7+/m0/s1. The maximum atomic E-state index is 9.50. The fourth-order valence-electron chi connectivity index (χ4n) is 1.74. The summed E-state index contributed by atoms with van der Waals surface area (Å²) in [6, 6.07) is 0. The summed E-state index contributed by atoms with van der Waals surface area (Å²) >= 11 is 0. The zero-order chi connectivity index (χ0) is 9.64. The van der Waals surface area contributed by atoms with Crippen LogP contribution in [0.5, 0.6) is 0 Å². The predicted molar refractivity (Wildman–Crippen MR) is 41.8 cm³/mol. The lowest BCUT2D eigenvalue weighted by Gasteiger charge is -2.31. The van der Waals surface area contributed by atoms with E-state index in [0.29, 0.717) is 0 Å². The molecule has 0 bridgehead atoms. The highest BCUT2D eigenvalue weighted by Crippen LogP contribution is 2.33. The minimum Gasteiger partial charge on any atom is -0.385 e. The predicted octanol–water partition coefficient (Wildman–Crippen LogP) is -0.784. The molecule has 2 aliphatic heterocycles. The summed E-state index contributed by atoms with van der Waals surface area (Å²) < 4.78 is 15.8. The van der Waals surface area contributed by atoms with Crippen LogP contribution in [0.1, 0.15) is 13.8 Å². The van der Waals surface area contributed by atoms with Crippen molar-refractivity contribution in [3.05, 3.63) is 0 Å². The molecule has 0 aromatic rings. The SMILES string of the molecule is CC1(C)O[C@@H]2[C@H](O)[C@H](O)OC[C@@H]2O1. The quantitative estimate of drug-likeness (QED) is 0.524. The molecule has 0 radical (unpaired) electrons. The number of hydrogen-bond donors (Lipinski definition) is 2. The Labute approximate surface area is 76.2 Å². The van der Waals surface area contributed by atoms with Crippen molar-refractivity contribution in [3.8, 4) is 0 Å². The fourth-order valence-corrected chi connectivity index (χ4v) is 1.74. The molecule has 5 heteroatoms. The van der Waals surface area contributed by atoms with Crippen molar-refractivity contribution in [2.45, 2.75) is 44.2 Å². The number of hydrogen-bond acceptors (Lipinski definition) is 5. The van der Waals surface area contributed by atoms with E-state index in [-0.39, 0.29) is 12.7 Å². The summed E-state index contributed by atoms with van der Waals surface area (Å²) in [4.78, 5) is 0. The molecule has 0 spiro atoms. The Morgan fingerprint density at radius 2 is 1.92 bits per heavy atom. The van der Waals surface area contributed by atoms with Crippen molar-refractivity contribution in [2.24, 2.45) is 0 Å². The fraction of sp³-hybridized carbons (Fsp3) is 1.00. The van der Waals surface area contributed by atoms with Crippen molar-refractivity contribution in [3.63, 3.8) is 0 Å². The molecule has 0 amide bonds. The van der Waals surface area contributed by atoms with Gasteiger partial charge in [-0.2, -0.15) is 0 Å². The number of aliphatic hydroxyl groups excluding tert-OH is 2. The normalized spacial score (nSPS) is 48.9. The Morgan fingerprint density at radius 1 is 1.23 bits per heavy atom. The third-order valence-corrected chi connectivity index (χ3v) is 2.28. The zero-order valence-corrected chi connectivity index (χ0v) is 7.64. The van der Waals surface area contributed by atoms with E-state index in [4.69, 9.17) is 14.2 Å². The molecule has 2 saturated heterocycles. The van der Waals surface area contributed by atoms with Gasteiger partial charge in [0.2, 0.25) is 0 Å². The largest absolute Gasteiger partial charge is 0.385 e. The molecule has 0 aromatic heterocycles. The zero-order valence-electron chi connectivity index (χ0n) is 7.64. The maximum Gasteiger partial charge on any atom is 0.183 e. The number of rotatable bonds is 0. The van der Waals surface area contributed by atoms with E-state index in [2.05, 4.69) is 0 Å². The van der Waals surface area contributed by atoms with Gasteiger partial charge in [-0.25, -0.2) is 0 Å². The van der Waals surface area contributed by atoms with Crippen molar-refractivity contribution in [2.75, 3.05) is 6.61 Å². The Kier molecular flexibility index (Phi) is 2.08. The van der Waals surface area contributed by atoms with E-state index in [0.717, 1.165) is 0 Å². The minimum atomic E-state index is -1.17. The molecule has 0 aromatic carbocycles. The first-order valence-electron chi connectivity index (χ1n) is 4.33. The molecule has 2 aliphatic rings. The molecule has 0 saturated carbocycles. The molecule has 2 heterocycles. The molecular formula is C8H14O5. The summed E-state index contributed by atoms with van der Waals surface area (Å²) in [6.07, 6.45) is -2.97. The molecule has 4 atom stereocenters. The average Bonchev–Trinajstić information content (AvgIpc) is 2.34. The number of ether oxygens (including phenoxy) is 3. The monoisotopic (exact) mass is 190 g/mol. The molecule has 13 heavy (non-hydrogen) atoms. The Morgan fingerprint density at radius 3 is 2.62 bits per heavy atom. The van der Waals surface area contributed by atoms with Gasteiger partial charge in [0.15, 0.2) is 12.1 Å². The highest BCUT2D eigenvalue weighted by molar-refractivity contribution is 4.90. The Bertz CT molecular complexity index is 205. The molecular weight excluding hydrogens is 176 g/mol. The van der Waals surface area contributed by atoms with Crippen LogP contribution in [-0.2, 0) is 14.2 Å². The highest BCUT2D eigenvalue weighted by atomic mass is 16.8. The van der Waals surface area contributed by atoms with E-state index in [9.17, 15) is 10.2 Å². The third kappa shape index (κ3) is 1.58. The van der Waals surface area contributed by atoms with Crippen LogP contribution in [0.15, 0.2) is 0 Å². The van der Waals surface area contributed by atoms with Gasteiger partial charge in [0.1, 0.15) is 18.3 Å². The van der Waals surface area contributed by atoms with E-state index < -0.39 is 24.3 Å². The van der Waals surface area contributed by atoms with Gasteiger partial charge >= 0.3 is 0 Å². The first-order chi connectivity index (χ1) is 5.99. The van der Waals surface area contributed by atoms with E-state index in [1.165, 1.54) is 0 Å². The molecule has 76 valence electrons. The van der Waals surface area contributed by atoms with Gasteiger partial charge in [-0.15, -0.1) is 0 Å². The van der Waals surface area contributed by atoms with Gasteiger partial charge in [0, 0.05) is 0 Å². The summed E-state index contributed by atoms with van der Waals surface area (Å²) in [5.41, 5.74) is 0. The highest BCUT2D eigenvalue weighted by Gasteiger charge is 2.50. The van der Waals surface area contributed by atoms with Crippen LogP contribution >= 0.6 is 0 Å². The van der Waals surface area contributed by atoms with Gasteiger partial charge in [0.25, 0.3) is 0 Å². The van der Waals surface area contributed by atoms with Crippen molar-refractivity contribution in [1.29, 1.82) is 0 Å². The molecule has 2 fully saturated rings. The first-order valence-corrected chi connectivity index (χ1v) is 4.33. The lowest BCUT2D eigenvalue weighted by molar-refractivity contribution is -0.230. The third-order valence-electron chi connectivity index (χ3n) is 2.28. The lowest BCUT2D eigenvalue weighted by Crippen LogP contribution is -2.51. The summed E-state index contributed by atoms with van der Waals surface area (Å²) in [5.74, 6) is -0.705. The minimum absolute atomic E-state index is 0.256. The second kappa shape index (κ2) is 2.90. The van der Waals surface area contributed by atoms with Gasteiger partial charge in [-0.1, -0.05) is 0 Å². The van der Waals surface area contributed by atoms with E-state index in [1.54, 1.807) is 13.8 Å². The Hall–Kier alpha value is -0.200. The van der Waals surface area contributed by atoms with Crippen LogP contribution in [0.2, 0.25) is 0 Å². The second-order valence-corrected chi connectivity index (χ2v) is 3.85. The molecule has 0 unspecified atom stereocenters. The molecule has 5 nitrogen and oxygen atoms in total. The van der Waals surface area contributed by atoms with Crippen LogP contribution in [0.4, 0.5) is 0 Å². The van der Waals surface area contributed by atoms with Crippen LogP contribution in [0.3, 0.4) is 0 Å². The van der Waals surface area contributed by atoms with Crippen LogP contribution < -0.4 is 0 Å². The maximum absolute atomic E-state index is 9.50. The van der Waals surface area contributed by atoms with Crippen molar-refractivity contribution < 1.29 is 24.4 Å². The van der Waals surface area contributed by atoms with Gasteiger partial charge in [-0.05, 0) is 13.8 Å². The van der Waals surface area contributed by atoms with Gasteiger partial charge in [0.05, 0.1) is 6.61 Å². The van der Waals surface area contributed by atoms with E-state index in [1.807, 2.05) is 0 Å². The summed E-state index contributed by atoms with van der Waals surface area (Å²) in [5, 5.41) is 18.7. The summed E-state index contributed by atoms with van der Waals surface area (Å²) in [6.45, 7) is 3.79. The molecule has 2 N–H and O–H groups in total. The van der Waals surface area contributed by atoms with Crippen molar-refractivity contribution >= 4 is 0 Å². The van der Waals surface area contributed by atoms with Gasteiger partial charge < -0.3 is 24.4 Å². The average molecular weight is 190 g/mol. The van der Waals surface area contributed by atoms with Crippen LogP contribution in [0.25, 0.3) is 0 Å². The Balaban J connectivity index is 2.11. The second-order valence-electron chi connectivity index (χ2n) is 3.85. The smallest absolute Gasteiger partial charge is 0.183 e. The summed E-state index contributed by atoms with van der Waals surface area (Å²) in [7, 11) is 0.